The van der Waals surface area contributed by atoms with Gasteiger partial charge in [-0.1, -0.05) is 0 Å². The Balaban J connectivity index is 2.02. The lowest BCUT2D eigenvalue weighted by Gasteiger charge is -2.25. The van der Waals surface area contributed by atoms with Crippen LogP contribution in [0.4, 0.5) is 0 Å². The summed E-state index contributed by atoms with van der Waals surface area (Å²) in [5.74, 6) is 1.23. The van der Waals surface area contributed by atoms with Gasteiger partial charge in [-0.15, -0.1) is 0 Å². The maximum absolute atomic E-state index is 5.30. The molecule has 0 saturated carbocycles. The molecule has 1 aliphatic rings. The van der Waals surface area contributed by atoms with Crippen LogP contribution in [0, 0.1) is 0 Å². The Bertz CT molecular complexity index is 83.7. The van der Waals surface area contributed by atoms with Gasteiger partial charge in [0.1, 0.15) is 0 Å². The van der Waals surface area contributed by atoms with E-state index >= 15 is 0 Å². The van der Waals surface area contributed by atoms with E-state index in [1.54, 1.807) is 0 Å². The molecule has 0 radical (unpaired) electrons. The van der Waals surface area contributed by atoms with Crippen LogP contribution in [-0.4, -0.2) is 43.3 Å². The molecule has 1 rings (SSSR count). The molecule has 1 saturated heterocycles. The summed E-state index contributed by atoms with van der Waals surface area (Å²) in [6.07, 6.45) is 3.35. The van der Waals surface area contributed by atoms with Crippen molar-refractivity contribution < 1.29 is 4.74 Å². The highest BCUT2D eigenvalue weighted by molar-refractivity contribution is 7.98. The van der Waals surface area contributed by atoms with Crippen LogP contribution >= 0.6 is 11.8 Å². The smallest absolute Gasteiger partial charge is 0.0990 e. The second kappa shape index (κ2) is 4.99. The SMILES string of the molecule is CSCCN1CCCOC1. The Morgan fingerprint density at radius 3 is 3.10 bits per heavy atom. The van der Waals surface area contributed by atoms with Crippen molar-refractivity contribution >= 4 is 11.8 Å². The van der Waals surface area contributed by atoms with Crippen LogP contribution < -0.4 is 0 Å². The monoisotopic (exact) mass is 161 g/mol. The third kappa shape index (κ3) is 2.90. The summed E-state index contributed by atoms with van der Waals surface area (Å²) in [5, 5.41) is 0. The van der Waals surface area contributed by atoms with Gasteiger partial charge < -0.3 is 4.74 Å². The molecule has 0 aromatic rings. The largest absolute Gasteiger partial charge is 0.366 e. The predicted octanol–water partition coefficient (Wildman–Crippen LogP) is 1.03. The van der Waals surface area contributed by atoms with E-state index in [1.807, 2.05) is 11.8 Å². The fourth-order valence-electron chi connectivity index (χ4n) is 1.05. The van der Waals surface area contributed by atoms with Crippen molar-refractivity contribution in [2.75, 3.05) is 38.4 Å². The van der Waals surface area contributed by atoms with Crippen molar-refractivity contribution in [3.05, 3.63) is 0 Å². The van der Waals surface area contributed by atoms with E-state index in [9.17, 15) is 0 Å². The number of hydrogen-bond donors (Lipinski definition) is 0. The molecule has 10 heavy (non-hydrogen) atoms. The summed E-state index contributed by atoms with van der Waals surface area (Å²) in [7, 11) is 0. The molecule has 0 N–H and O–H groups in total. The fourth-order valence-corrected chi connectivity index (χ4v) is 1.49. The van der Waals surface area contributed by atoms with Gasteiger partial charge in [0.2, 0.25) is 0 Å². The van der Waals surface area contributed by atoms with Gasteiger partial charge in [-0.25, -0.2) is 0 Å². The first-order valence-corrected chi connectivity index (χ1v) is 5.12. The maximum Gasteiger partial charge on any atom is 0.0990 e. The Morgan fingerprint density at radius 2 is 2.50 bits per heavy atom. The van der Waals surface area contributed by atoms with Crippen LogP contribution in [-0.2, 0) is 4.74 Å². The van der Waals surface area contributed by atoms with Crippen LogP contribution in [0.2, 0.25) is 0 Å². The molecule has 0 unspecified atom stereocenters. The quantitative estimate of drug-likeness (QED) is 0.613. The Labute approximate surface area is 66.9 Å². The molecule has 60 valence electrons. The van der Waals surface area contributed by atoms with E-state index in [-0.39, 0.29) is 0 Å². The first kappa shape index (κ1) is 8.37. The lowest BCUT2D eigenvalue weighted by molar-refractivity contribution is -0.00971. The normalized spacial score (nSPS) is 21.3. The van der Waals surface area contributed by atoms with Crippen molar-refractivity contribution in [2.45, 2.75) is 6.42 Å². The zero-order valence-corrected chi connectivity index (χ0v) is 7.32. The number of ether oxygens (including phenoxy) is 1. The molecule has 1 heterocycles. The number of rotatable bonds is 3. The van der Waals surface area contributed by atoms with Gasteiger partial charge >= 0.3 is 0 Å². The molecule has 3 heteroatoms. The standard InChI is InChI=1S/C7H15NOS/c1-10-6-4-8-3-2-5-9-7-8/h2-7H2,1H3. The zero-order chi connectivity index (χ0) is 7.23. The van der Waals surface area contributed by atoms with Crippen molar-refractivity contribution in [1.29, 1.82) is 0 Å². The first-order chi connectivity index (χ1) is 4.93. The maximum atomic E-state index is 5.30. The molecular weight excluding hydrogens is 146 g/mol. The minimum absolute atomic E-state index is 0.848. The van der Waals surface area contributed by atoms with Crippen LogP contribution in [0.1, 0.15) is 6.42 Å². The van der Waals surface area contributed by atoms with Crippen LogP contribution in [0.3, 0.4) is 0 Å². The fraction of sp³-hybridized carbons (Fsp3) is 1.00. The summed E-state index contributed by atoms with van der Waals surface area (Å²) in [6, 6.07) is 0. The highest BCUT2D eigenvalue weighted by Crippen LogP contribution is 2.02. The van der Waals surface area contributed by atoms with Crippen molar-refractivity contribution in [3.63, 3.8) is 0 Å². The van der Waals surface area contributed by atoms with Crippen molar-refractivity contribution in [3.8, 4) is 0 Å². The van der Waals surface area contributed by atoms with Gasteiger partial charge in [-0.05, 0) is 12.7 Å². The molecule has 0 aromatic heterocycles. The zero-order valence-electron chi connectivity index (χ0n) is 6.51. The van der Waals surface area contributed by atoms with Crippen LogP contribution in [0.25, 0.3) is 0 Å². The summed E-state index contributed by atoms with van der Waals surface area (Å²) in [4.78, 5) is 2.36. The molecule has 0 aromatic carbocycles. The van der Waals surface area contributed by atoms with Crippen molar-refractivity contribution in [1.82, 2.24) is 4.90 Å². The van der Waals surface area contributed by atoms with E-state index in [0.717, 1.165) is 13.3 Å². The van der Waals surface area contributed by atoms with Gasteiger partial charge in [0.15, 0.2) is 0 Å². The van der Waals surface area contributed by atoms with E-state index in [2.05, 4.69) is 11.2 Å². The third-order valence-electron chi connectivity index (χ3n) is 1.65. The molecule has 2 nitrogen and oxygen atoms in total. The van der Waals surface area contributed by atoms with E-state index < -0.39 is 0 Å². The minimum atomic E-state index is 0.848. The van der Waals surface area contributed by atoms with Gasteiger partial charge in [0, 0.05) is 25.4 Å². The third-order valence-corrected chi connectivity index (χ3v) is 2.24. The topological polar surface area (TPSA) is 12.5 Å². The lowest BCUT2D eigenvalue weighted by Crippen LogP contribution is -2.34. The van der Waals surface area contributed by atoms with Gasteiger partial charge in [-0.2, -0.15) is 11.8 Å². The van der Waals surface area contributed by atoms with E-state index in [0.29, 0.717) is 0 Å². The molecule has 0 spiro atoms. The average Bonchev–Trinajstić information content (AvgIpc) is 2.03. The van der Waals surface area contributed by atoms with Gasteiger partial charge in [0.25, 0.3) is 0 Å². The lowest BCUT2D eigenvalue weighted by atomic mass is 10.4. The number of nitrogens with zero attached hydrogens (tertiary/aromatic N) is 1. The number of thioether (sulfide) groups is 1. The van der Waals surface area contributed by atoms with Crippen LogP contribution in [0.5, 0.6) is 0 Å². The highest BCUT2D eigenvalue weighted by atomic mass is 32.2. The molecule has 0 amide bonds. The van der Waals surface area contributed by atoms with E-state index in [1.165, 1.54) is 25.3 Å². The Kier molecular flexibility index (Phi) is 4.18. The van der Waals surface area contributed by atoms with E-state index in [4.69, 9.17) is 4.74 Å². The number of hydrogen-bond acceptors (Lipinski definition) is 3. The highest BCUT2D eigenvalue weighted by Gasteiger charge is 2.08. The Hall–Kier alpha value is 0.270. The van der Waals surface area contributed by atoms with Gasteiger partial charge in [-0.3, -0.25) is 4.90 Å². The second-order valence-corrected chi connectivity index (χ2v) is 3.49. The van der Waals surface area contributed by atoms with Crippen LogP contribution in [0.15, 0.2) is 0 Å². The predicted molar refractivity (Wildman–Crippen MR) is 45.4 cm³/mol. The molecule has 0 bridgehead atoms. The molecule has 1 aliphatic heterocycles. The van der Waals surface area contributed by atoms with Crippen molar-refractivity contribution in [2.24, 2.45) is 0 Å². The summed E-state index contributed by atoms with van der Waals surface area (Å²) in [5.41, 5.74) is 0. The van der Waals surface area contributed by atoms with Gasteiger partial charge in [0.05, 0.1) is 6.73 Å². The summed E-state index contributed by atoms with van der Waals surface area (Å²) < 4.78 is 5.30. The first-order valence-electron chi connectivity index (χ1n) is 3.72. The second-order valence-electron chi connectivity index (χ2n) is 2.50. The summed E-state index contributed by atoms with van der Waals surface area (Å²) in [6.45, 7) is 4.21. The average molecular weight is 161 g/mol. The molecule has 1 fully saturated rings. The Morgan fingerprint density at radius 1 is 1.60 bits per heavy atom. The molecule has 0 atom stereocenters. The molecule has 0 aliphatic carbocycles. The minimum Gasteiger partial charge on any atom is -0.366 e. The summed E-state index contributed by atoms with van der Waals surface area (Å²) >= 11 is 1.90. The molecular formula is C7H15NOS.